The Balaban J connectivity index is 2.37. The molecule has 0 atom stereocenters. The first-order valence-corrected chi connectivity index (χ1v) is 6.24. The van der Waals surface area contributed by atoms with Gasteiger partial charge in [-0.1, -0.05) is 30.3 Å². The van der Waals surface area contributed by atoms with Gasteiger partial charge in [-0.05, 0) is 17.7 Å². The fraction of sp³-hybridized carbons (Fsp3) is 0.133. The van der Waals surface area contributed by atoms with Crippen LogP contribution >= 0.6 is 0 Å². The summed E-state index contributed by atoms with van der Waals surface area (Å²) in [5.41, 5.74) is 0.951. The van der Waals surface area contributed by atoms with E-state index in [1.807, 2.05) is 30.3 Å². The summed E-state index contributed by atoms with van der Waals surface area (Å²) in [6.07, 6.45) is 0.585. The van der Waals surface area contributed by atoms with E-state index < -0.39 is 4.92 Å². The number of anilines is 1. The zero-order valence-corrected chi connectivity index (χ0v) is 11.4. The van der Waals surface area contributed by atoms with Crippen LogP contribution < -0.4 is 9.64 Å². The van der Waals surface area contributed by atoms with Crippen molar-refractivity contribution >= 4 is 17.8 Å². The van der Waals surface area contributed by atoms with Gasteiger partial charge in [0.05, 0.1) is 24.6 Å². The van der Waals surface area contributed by atoms with Crippen molar-refractivity contribution in [3.05, 3.63) is 64.2 Å². The molecule has 0 saturated carbocycles. The molecule has 2 rings (SSSR count). The molecular weight excluding hydrogens is 272 g/mol. The highest BCUT2D eigenvalue weighted by Crippen LogP contribution is 2.32. The lowest BCUT2D eigenvalue weighted by Crippen LogP contribution is -2.21. The van der Waals surface area contributed by atoms with E-state index in [0.717, 1.165) is 5.56 Å². The molecule has 0 aliphatic heterocycles. The van der Waals surface area contributed by atoms with Crippen molar-refractivity contribution in [2.24, 2.45) is 0 Å². The molecule has 0 N–H and O–H groups in total. The lowest BCUT2D eigenvalue weighted by Gasteiger charge is -2.18. The maximum absolute atomic E-state index is 11.3. The van der Waals surface area contributed by atoms with E-state index in [4.69, 9.17) is 4.74 Å². The van der Waals surface area contributed by atoms with Crippen molar-refractivity contribution < 1.29 is 14.5 Å². The first kappa shape index (κ1) is 14.5. The van der Waals surface area contributed by atoms with Crippen molar-refractivity contribution in [1.82, 2.24) is 0 Å². The molecule has 6 heteroatoms. The SMILES string of the molecule is COc1ccc(N(C=O)Cc2ccccc2)c([N+](=O)[O-])c1. The minimum absolute atomic E-state index is 0.169. The number of carbonyl (C=O) groups is 1. The average molecular weight is 286 g/mol. The minimum Gasteiger partial charge on any atom is -0.496 e. The van der Waals surface area contributed by atoms with E-state index in [2.05, 4.69) is 0 Å². The summed E-state index contributed by atoms with van der Waals surface area (Å²) in [4.78, 5) is 23.3. The van der Waals surface area contributed by atoms with Crippen molar-refractivity contribution in [2.45, 2.75) is 6.54 Å². The van der Waals surface area contributed by atoms with Crippen LogP contribution in [-0.4, -0.2) is 18.4 Å². The van der Waals surface area contributed by atoms with Crippen LogP contribution in [0.2, 0.25) is 0 Å². The third-order valence-corrected chi connectivity index (χ3v) is 3.01. The zero-order chi connectivity index (χ0) is 15.2. The minimum atomic E-state index is -0.528. The highest BCUT2D eigenvalue weighted by Gasteiger charge is 2.20. The van der Waals surface area contributed by atoms with Crippen LogP contribution in [-0.2, 0) is 11.3 Å². The third kappa shape index (κ3) is 3.36. The molecule has 6 nitrogen and oxygen atoms in total. The molecule has 0 saturated heterocycles. The Morgan fingerprint density at radius 1 is 1.24 bits per heavy atom. The number of methoxy groups -OCH3 is 1. The summed E-state index contributed by atoms with van der Waals surface area (Å²) in [6.45, 7) is 0.261. The second kappa shape index (κ2) is 6.51. The molecule has 2 aromatic rings. The van der Waals surface area contributed by atoms with E-state index in [1.165, 1.54) is 24.1 Å². The summed E-state index contributed by atoms with van der Waals surface area (Å²) in [5, 5.41) is 11.2. The Morgan fingerprint density at radius 2 is 1.95 bits per heavy atom. The second-order valence-corrected chi connectivity index (χ2v) is 4.33. The number of nitrogens with zero attached hydrogens (tertiary/aromatic N) is 2. The Kier molecular flexibility index (Phi) is 4.50. The first-order chi connectivity index (χ1) is 10.2. The van der Waals surface area contributed by atoms with E-state index >= 15 is 0 Å². The number of amides is 1. The van der Waals surface area contributed by atoms with Gasteiger partial charge in [0.25, 0.3) is 5.69 Å². The van der Waals surface area contributed by atoms with Gasteiger partial charge < -0.3 is 9.64 Å². The summed E-state index contributed by atoms with van der Waals surface area (Å²) < 4.78 is 4.98. The Bertz CT molecular complexity index is 643. The van der Waals surface area contributed by atoms with Crippen LogP contribution in [0.3, 0.4) is 0 Å². The van der Waals surface area contributed by atoms with Gasteiger partial charge in [0, 0.05) is 0 Å². The molecule has 0 bridgehead atoms. The van der Waals surface area contributed by atoms with Gasteiger partial charge in [-0.15, -0.1) is 0 Å². The van der Waals surface area contributed by atoms with Crippen LogP contribution in [0.5, 0.6) is 5.75 Å². The fourth-order valence-electron chi connectivity index (χ4n) is 1.98. The highest BCUT2D eigenvalue weighted by molar-refractivity contribution is 5.81. The topological polar surface area (TPSA) is 72.7 Å². The van der Waals surface area contributed by atoms with Crippen LogP contribution in [0.15, 0.2) is 48.5 Å². The quantitative estimate of drug-likeness (QED) is 0.465. The maximum Gasteiger partial charge on any atom is 0.296 e. The number of benzene rings is 2. The normalized spacial score (nSPS) is 9.95. The van der Waals surface area contributed by atoms with Crippen molar-refractivity contribution in [1.29, 1.82) is 0 Å². The van der Waals surface area contributed by atoms with Crippen molar-refractivity contribution in [2.75, 3.05) is 12.0 Å². The molecule has 21 heavy (non-hydrogen) atoms. The van der Waals surface area contributed by atoms with Crippen LogP contribution in [0.4, 0.5) is 11.4 Å². The van der Waals surface area contributed by atoms with Gasteiger partial charge >= 0.3 is 0 Å². The largest absolute Gasteiger partial charge is 0.496 e. The Labute approximate surface area is 121 Å². The van der Waals surface area contributed by atoms with E-state index in [-0.39, 0.29) is 17.9 Å². The highest BCUT2D eigenvalue weighted by atomic mass is 16.6. The molecule has 0 radical (unpaired) electrons. The smallest absolute Gasteiger partial charge is 0.296 e. The molecule has 0 heterocycles. The first-order valence-electron chi connectivity index (χ1n) is 6.24. The summed E-state index contributed by atoms with van der Waals surface area (Å²) in [7, 11) is 1.43. The van der Waals surface area contributed by atoms with Crippen LogP contribution in [0, 0.1) is 10.1 Å². The van der Waals surface area contributed by atoms with Gasteiger partial charge in [0.15, 0.2) is 0 Å². The number of rotatable bonds is 6. The number of nitro groups is 1. The van der Waals surface area contributed by atoms with Gasteiger partial charge in [-0.3, -0.25) is 14.9 Å². The average Bonchev–Trinajstić information content (AvgIpc) is 2.53. The van der Waals surface area contributed by atoms with E-state index in [9.17, 15) is 14.9 Å². The molecule has 2 aromatic carbocycles. The standard InChI is InChI=1S/C15H14N2O4/c1-21-13-7-8-14(15(9-13)17(19)20)16(11-18)10-12-5-3-2-4-6-12/h2-9,11H,10H2,1H3. The summed E-state index contributed by atoms with van der Waals surface area (Å²) in [5.74, 6) is 0.371. The lowest BCUT2D eigenvalue weighted by molar-refractivity contribution is -0.384. The summed E-state index contributed by atoms with van der Waals surface area (Å²) >= 11 is 0. The molecule has 108 valence electrons. The third-order valence-electron chi connectivity index (χ3n) is 3.01. The van der Waals surface area contributed by atoms with Gasteiger partial charge in [0.1, 0.15) is 11.4 Å². The monoisotopic (exact) mass is 286 g/mol. The van der Waals surface area contributed by atoms with Crippen molar-refractivity contribution in [3.8, 4) is 5.75 Å². The van der Waals surface area contributed by atoms with Gasteiger partial charge in [0.2, 0.25) is 6.41 Å². The Morgan fingerprint density at radius 3 is 2.52 bits per heavy atom. The van der Waals surface area contributed by atoms with Crippen LogP contribution in [0.25, 0.3) is 0 Å². The Hall–Kier alpha value is -2.89. The molecule has 0 fully saturated rings. The fourth-order valence-corrected chi connectivity index (χ4v) is 1.98. The van der Waals surface area contributed by atoms with Crippen LogP contribution in [0.1, 0.15) is 5.56 Å². The number of hydrogen-bond donors (Lipinski definition) is 0. The molecule has 0 unspecified atom stereocenters. The second-order valence-electron chi connectivity index (χ2n) is 4.33. The number of nitro benzene ring substituents is 1. The number of ether oxygens (including phenoxy) is 1. The molecule has 0 aliphatic rings. The maximum atomic E-state index is 11.3. The molecule has 0 aromatic heterocycles. The summed E-state index contributed by atoms with van der Waals surface area (Å²) in [6, 6.07) is 13.7. The lowest BCUT2D eigenvalue weighted by atomic mass is 10.2. The van der Waals surface area contributed by atoms with E-state index in [0.29, 0.717) is 12.2 Å². The predicted octanol–water partition coefficient (Wildman–Crippen LogP) is 2.77. The number of carbonyl (C=O) groups excluding carboxylic acids is 1. The van der Waals surface area contributed by atoms with E-state index in [1.54, 1.807) is 6.07 Å². The molecule has 1 amide bonds. The predicted molar refractivity (Wildman–Crippen MR) is 78.3 cm³/mol. The molecule has 0 aliphatic carbocycles. The zero-order valence-electron chi connectivity index (χ0n) is 11.4. The number of hydrogen-bond acceptors (Lipinski definition) is 4. The van der Waals surface area contributed by atoms with Gasteiger partial charge in [-0.2, -0.15) is 0 Å². The van der Waals surface area contributed by atoms with Crippen molar-refractivity contribution in [3.63, 3.8) is 0 Å². The van der Waals surface area contributed by atoms with Gasteiger partial charge in [-0.25, -0.2) is 0 Å². The molecule has 0 spiro atoms. The molecular formula is C15H14N2O4.